The van der Waals surface area contributed by atoms with Crippen molar-refractivity contribution in [1.82, 2.24) is 5.32 Å². The van der Waals surface area contributed by atoms with E-state index in [-0.39, 0.29) is 6.61 Å². The van der Waals surface area contributed by atoms with Crippen molar-refractivity contribution in [2.45, 2.75) is 33.7 Å². The average Bonchev–Trinajstić information content (AvgIpc) is 2.40. The van der Waals surface area contributed by atoms with Crippen molar-refractivity contribution < 1.29 is 19.1 Å². The number of para-hydroxylation sites is 1. The molecule has 1 aromatic carbocycles. The van der Waals surface area contributed by atoms with Gasteiger partial charge < -0.3 is 15.4 Å². The van der Waals surface area contributed by atoms with Crippen LogP contribution in [0.4, 0.5) is 5.69 Å². The lowest BCUT2D eigenvalue weighted by Crippen LogP contribution is -2.49. The fourth-order valence-corrected chi connectivity index (χ4v) is 1.87. The van der Waals surface area contributed by atoms with Crippen LogP contribution in [0.3, 0.4) is 0 Å². The second kappa shape index (κ2) is 7.42. The average molecular weight is 292 g/mol. The van der Waals surface area contributed by atoms with E-state index in [9.17, 15) is 14.4 Å². The van der Waals surface area contributed by atoms with Crippen LogP contribution in [-0.2, 0) is 19.1 Å². The van der Waals surface area contributed by atoms with E-state index in [1.165, 1.54) is 6.92 Å². The number of hydrogen-bond donors (Lipinski definition) is 2. The summed E-state index contributed by atoms with van der Waals surface area (Å²) in [6.07, 6.45) is 0. The minimum atomic E-state index is -1.36. The Labute approximate surface area is 123 Å². The first-order valence-electron chi connectivity index (χ1n) is 6.67. The Bertz CT molecular complexity index is 534. The summed E-state index contributed by atoms with van der Waals surface area (Å²) in [5.41, 5.74) is 2.37. The summed E-state index contributed by atoms with van der Waals surface area (Å²) in [5, 5.41) is 4.97. The lowest BCUT2D eigenvalue weighted by molar-refractivity contribution is -0.149. The smallest absolute Gasteiger partial charge is 0.338 e. The van der Waals surface area contributed by atoms with Gasteiger partial charge in [-0.15, -0.1) is 0 Å². The molecule has 0 spiro atoms. The monoisotopic (exact) mass is 292 g/mol. The molecule has 0 aliphatic carbocycles. The maximum Gasteiger partial charge on any atom is 0.338 e. The van der Waals surface area contributed by atoms with Crippen LogP contribution in [0.2, 0.25) is 0 Å². The number of amides is 2. The number of carbonyl (C=O) groups is 3. The molecule has 2 amide bonds. The topological polar surface area (TPSA) is 84.5 Å². The van der Waals surface area contributed by atoms with Gasteiger partial charge in [-0.05, 0) is 31.9 Å². The minimum Gasteiger partial charge on any atom is -0.464 e. The first kappa shape index (κ1) is 16.7. The van der Waals surface area contributed by atoms with Crippen molar-refractivity contribution in [3.8, 4) is 0 Å². The molecule has 0 saturated heterocycles. The van der Waals surface area contributed by atoms with Gasteiger partial charge in [0, 0.05) is 12.6 Å². The van der Waals surface area contributed by atoms with Gasteiger partial charge in [0.2, 0.25) is 11.9 Å². The molecular weight excluding hydrogens is 272 g/mol. The van der Waals surface area contributed by atoms with Gasteiger partial charge in [0.05, 0.1) is 6.61 Å². The molecule has 1 aromatic rings. The molecule has 114 valence electrons. The van der Waals surface area contributed by atoms with E-state index in [0.717, 1.165) is 11.1 Å². The summed E-state index contributed by atoms with van der Waals surface area (Å²) in [6.45, 7) is 6.69. The maximum absolute atomic E-state index is 12.2. The van der Waals surface area contributed by atoms with Crippen LogP contribution in [0.25, 0.3) is 0 Å². The van der Waals surface area contributed by atoms with E-state index < -0.39 is 23.8 Å². The third-order valence-electron chi connectivity index (χ3n) is 2.86. The molecule has 6 heteroatoms. The Morgan fingerprint density at radius 2 is 1.76 bits per heavy atom. The van der Waals surface area contributed by atoms with E-state index in [4.69, 9.17) is 4.74 Å². The van der Waals surface area contributed by atoms with Gasteiger partial charge in [-0.3, -0.25) is 9.59 Å². The second-order valence-electron chi connectivity index (χ2n) is 4.64. The molecule has 0 saturated carbocycles. The number of rotatable bonds is 5. The minimum absolute atomic E-state index is 0.131. The van der Waals surface area contributed by atoms with E-state index >= 15 is 0 Å². The van der Waals surface area contributed by atoms with Crippen molar-refractivity contribution in [2.75, 3.05) is 11.9 Å². The van der Waals surface area contributed by atoms with Gasteiger partial charge in [-0.25, -0.2) is 4.79 Å². The number of esters is 1. The summed E-state index contributed by atoms with van der Waals surface area (Å²) < 4.78 is 4.81. The molecule has 0 unspecified atom stereocenters. The molecule has 0 aromatic heterocycles. The quantitative estimate of drug-likeness (QED) is 0.633. The van der Waals surface area contributed by atoms with Gasteiger partial charge >= 0.3 is 5.97 Å². The third-order valence-corrected chi connectivity index (χ3v) is 2.86. The lowest BCUT2D eigenvalue weighted by Gasteiger charge is -2.18. The zero-order valence-electron chi connectivity index (χ0n) is 12.6. The maximum atomic E-state index is 12.2. The van der Waals surface area contributed by atoms with Crippen LogP contribution < -0.4 is 10.6 Å². The Hall–Kier alpha value is -2.37. The number of nitrogens with one attached hydrogen (secondary N) is 2. The van der Waals surface area contributed by atoms with Crippen molar-refractivity contribution in [3.63, 3.8) is 0 Å². The summed E-state index contributed by atoms with van der Waals surface area (Å²) in [4.78, 5) is 35.2. The summed E-state index contributed by atoms with van der Waals surface area (Å²) >= 11 is 0. The van der Waals surface area contributed by atoms with Crippen LogP contribution >= 0.6 is 0 Å². The van der Waals surface area contributed by atoms with Crippen LogP contribution in [0, 0.1) is 13.8 Å². The van der Waals surface area contributed by atoms with Crippen LogP contribution in [0.1, 0.15) is 25.0 Å². The predicted octanol–water partition coefficient (Wildman–Crippen LogP) is 1.31. The molecule has 0 heterocycles. The first-order valence-corrected chi connectivity index (χ1v) is 6.67. The number of carbonyl (C=O) groups excluding carboxylic acids is 3. The third kappa shape index (κ3) is 4.59. The molecule has 0 aliphatic heterocycles. The molecular formula is C15H20N2O4. The molecule has 0 fully saturated rings. The molecule has 1 rings (SSSR count). The van der Waals surface area contributed by atoms with Crippen molar-refractivity contribution in [3.05, 3.63) is 29.3 Å². The number of aryl methyl sites for hydroxylation is 2. The van der Waals surface area contributed by atoms with Crippen molar-refractivity contribution in [1.29, 1.82) is 0 Å². The molecule has 0 bridgehead atoms. The zero-order chi connectivity index (χ0) is 16.0. The van der Waals surface area contributed by atoms with E-state index in [0.29, 0.717) is 5.69 Å². The molecule has 1 atom stereocenters. The van der Waals surface area contributed by atoms with Gasteiger partial charge in [-0.2, -0.15) is 0 Å². The molecule has 0 radical (unpaired) electrons. The standard InChI is InChI=1S/C15H20N2O4/c1-5-21-15(20)13(16-11(4)18)14(19)17-12-9(2)7-6-8-10(12)3/h6-8,13H,5H2,1-4H3,(H,16,18)(H,17,19)/t13-/m0/s1. The van der Waals surface area contributed by atoms with Crippen LogP contribution in [0.15, 0.2) is 18.2 Å². The molecule has 2 N–H and O–H groups in total. The van der Waals surface area contributed by atoms with Gasteiger partial charge in [0.25, 0.3) is 5.91 Å². The number of ether oxygens (including phenoxy) is 1. The number of benzene rings is 1. The van der Waals surface area contributed by atoms with E-state index in [1.807, 2.05) is 32.0 Å². The normalized spacial score (nSPS) is 11.4. The van der Waals surface area contributed by atoms with Gasteiger partial charge in [0.1, 0.15) is 0 Å². The predicted molar refractivity (Wildman–Crippen MR) is 78.8 cm³/mol. The Balaban J connectivity index is 2.95. The molecule has 21 heavy (non-hydrogen) atoms. The first-order chi connectivity index (χ1) is 9.86. The Morgan fingerprint density at radius 1 is 1.19 bits per heavy atom. The van der Waals surface area contributed by atoms with E-state index in [1.54, 1.807) is 6.92 Å². The Kier molecular flexibility index (Phi) is 5.90. The fourth-order valence-electron chi connectivity index (χ4n) is 1.87. The van der Waals surface area contributed by atoms with Crippen LogP contribution in [-0.4, -0.2) is 30.4 Å². The largest absolute Gasteiger partial charge is 0.464 e. The number of anilines is 1. The van der Waals surface area contributed by atoms with E-state index in [2.05, 4.69) is 10.6 Å². The van der Waals surface area contributed by atoms with Crippen molar-refractivity contribution in [2.24, 2.45) is 0 Å². The van der Waals surface area contributed by atoms with Crippen molar-refractivity contribution >= 4 is 23.5 Å². The van der Waals surface area contributed by atoms with Gasteiger partial charge in [0.15, 0.2) is 0 Å². The second-order valence-corrected chi connectivity index (χ2v) is 4.64. The summed E-state index contributed by atoms with van der Waals surface area (Å²) in [7, 11) is 0. The summed E-state index contributed by atoms with van der Waals surface area (Å²) in [6, 6.07) is 4.21. The Morgan fingerprint density at radius 3 is 2.24 bits per heavy atom. The zero-order valence-corrected chi connectivity index (χ0v) is 12.6. The number of hydrogen-bond acceptors (Lipinski definition) is 4. The fraction of sp³-hybridized carbons (Fsp3) is 0.400. The highest BCUT2D eigenvalue weighted by molar-refractivity contribution is 6.10. The lowest BCUT2D eigenvalue weighted by atomic mass is 10.1. The summed E-state index contributed by atoms with van der Waals surface area (Å²) in [5.74, 6) is -1.89. The highest BCUT2D eigenvalue weighted by atomic mass is 16.5. The van der Waals surface area contributed by atoms with Crippen LogP contribution in [0.5, 0.6) is 0 Å². The molecule has 0 aliphatic rings. The van der Waals surface area contributed by atoms with Gasteiger partial charge in [-0.1, -0.05) is 18.2 Å². The highest BCUT2D eigenvalue weighted by Crippen LogP contribution is 2.19. The highest BCUT2D eigenvalue weighted by Gasteiger charge is 2.29. The SMILES string of the molecule is CCOC(=O)[C@@H](NC(C)=O)C(=O)Nc1c(C)cccc1C. The molecule has 6 nitrogen and oxygen atoms in total.